The van der Waals surface area contributed by atoms with Crippen molar-refractivity contribution >= 4 is 96.9 Å². The summed E-state index contributed by atoms with van der Waals surface area (Å²) in [6.07, 6.45) is 0. The summed E-state index contributed by atoms with van der Waals surface area (Å²) in [6, 6.07) is -31.4. The summed E-state index contributed by atoms with van der Waals surface area (Å²) in [4.78, 5) is 0. The zero-order valence-electron chi connectivity index (χ0n) is 70.7. The number of hydrogen-bond acceptors (Lipinski definition) is 3. The lowest BCUT2D eigenvalue weighted by Crippen LogP contribution is -2.18. The van der Waals surface area contributed by atoms with E-state index in [0.29, 0.717) is 25.0 Å². The van der Waals surface area contributed by atoms with Crippen LogP contribution in [-0.4, -0.2) is 13.7 Å². The highest BCUT2D eigenvalue weighted by molar-refractivity contribution is 7.26. The van der Waals surface area contributed by atoms with Crippen molar-refractivity contribution in [3.63, 3.8) is 0 Å². The molecule has 14 aromatic rings. The van der Waals surface area contributed by atoms with Gasteiger partial charge in [-0.15, -0.1) is 11.3 Å². The Labute approximate surface area is 456 Å². The molecule has 0 saturated heterocycles. The van der Waals surface area contributed by atoms with Gasteiger partial charge in [-0.1, -0.05) is 163 Å². The van der Waals surface area contributed by atoms with Crippen LogP contribution in [0, 0.1) is 29.5 Å². The van der Waals surface area contributed by atoms with Gasteiger partial charge in [0.2, 0.25) is 0 Å². The highest BCUT2D eigenvalue weighted by Gasteiger charge is 2.39. The molecule has 324 valence electrons. The van der Waals surface area contributed by atoms with Crippen LogP contribution >= 0.6 is 11.3 Å². The highest BCUT2D eigenvalue weighted by atomic mass is 32.1. The molecule has 10 aromatic carbocycles. The maximum Gasteiger partial charge on any atom is 0.104 e. The quantitative estimate of drug-likeness (QED) is 0.176. The van der Waals surface area contributed by atoms with Crippen molar-refractivity contribution in [2.45, 2.75) is 12.8 Å². The van der Waals surface area contributed by atoms with Crippen LogP contribution in [0.1, 0.15) is 88.6 Å². The average molecular weight is 944 g/mol. The monoisotopic (exact) mass is 944 g/mol. The van der Waals surface area contributed by atoms with Crippen molar-refractivity contribution in [2.75, 3.05) is 0 Å². The molecular formula is C64H37N5S. The van der Waals surface area contributed by atoms with Crippen LogP contribution in [-0.2, 0) is 0 Å². The Kier molecular flexibility index (Phi) is 3.64. The standard InChI is InChI=1S/C64H37N5S/c1-37-30-33-56-49(34-37)47-31-32-48-44-22-10-15-29-57(44)70-64(48)63(47)69(56)61-50(35-65)59(58-45-23-4-2-16-38(45)39-17-3-5-24-46(39)58)60(67-52-25-11-6-18-40(52)41-19-7-12-26-53(41)67)51(36-66)62(61)68-54-27-13-8-20-42(54)43-21-9-14-28-55(43)68/h2-34,58H,1H3/i1D3,2D,3D,4D,5D,6D,7D,8D,9D,10D,11D,12D,13D,14D,15D,16D,17D,18D,19D,20D,21D,22D,23D,24D,25D,26D,27D,28D,29D,30D,31D,32D,33D,34D. The van der Waals surface area contributed by atoms with Crippen LogP contribution < -0.4 is 0 Å². The summed E-state index contributed by atoms with van der Waals surface area (Å²) in [5, 5.41) is 20.5. The number of thiophene rings is 1. The predicted molar refractivity (Wildman–Crippen MR) is 289 cm³/mol. The van der Waals surface area contributed by atoms with E-state index in [1.54, 1.807) is 0 Å². The molecule has 6 heteroatoms. The molecule has 0 radical (unpaired) electrons. The van der Waals surface area contributed by atoms with E-state index in [0.717, 1.165) is 0 Å². The van der Waals surface area contributed by atoms with Crippen molar-refractivity contribution in [1.82, 2.24) is 13.7 Å². The molecule has 0 fully saturated rings. The first-order valence-corrected chi connectivity index (χ1v) is 21.6. The molecule has 4 heterocycles. The third-order valence-electron chi connectivity index (χ3n) is 12.6. The maximum absolute atomic E-state index is 13.2. The lowest BCUT2D eigenvalue weighted by Gasteiger charge is -2.29. The van der Waals surface area contributed by atoms with E-state index in [-0.39, 0.29) is 4.70 Å². The first-order chi connectivity index (χ1) is 49.6. The normalized spacial score (nSPS) is 20.0. The second-order valence-electron chi connectivity index (χ2n) is 15.8. The van der Waals surface area contributed by atoms with E-state index < -0.39 is 355 Å². The number of fused-ring (bicyclic) bond motifs is 16. The molecule has 0 saturated carbocycles. The van der Waals surface area contributed by atoms with E-state index in [1.165, 1.54) is 0 Å². The maximum atomic E-state index is 13.2. The largest absolute Gasteiger partial charge is 0.307 e. The molecule has 0 unspecified atom stereocenters. The van der Waals surface area contributed by atoms with Gasteiger partial charge in [-0.3, -0.25) is 0 Å². The van der Waals surface area contributed by atoms with Crippen LogP contribution in [0.15, 0.2) is 199 Å². The molecule has 0 spiro atoms. The van der Waals surface area contributed by atoms with Gasteiger partial charge in [0.05, 0.1) is 106 Å². The van der Waals surface area contributed by atoms with Crippen LogP contribution in [0.2, 0.25) is 0 Å². The highest BCUT2D eigenvalue weighted by Crippen LogP contribution is 2.55. The first-order valence-electron chi connectivity index (χ1n) is 38.7. The van der Waals surface area contributed by atoms with E-state index in [9.17, 15) is 44.8 Å². The number of hydrogen-bond donors (Lipinski definition) is 0. The van der Waals surface area contributed by atoms with E-state index in [4.69, 9.17) is 15.1 Å². The minimum Gasteiger partial charge on any atom is -0.307 e. The Hall–Kier alpha value is -9.20. The fourth-order valence-electron chi connectivity index (χ4n) is 9.97. The molecule has 0 amide bonds. The minimum absolute atomic E-state index is 0.383. The molecule has 0 bridgehead atoms. The number of para-hydroxylation sites is 4. The third-order valence-corrected chi connectivity index (χ3v) is 13.7. The Morgan fingerprint density at radius 2 is 0.914 bits per heavy atom. The summed E-state index contributed by atoms with van der Waals surface area (Å²) < 4.78 is 341. The fourth-order valence-corrected chi connectivity index (χ4v) is 11.1. The van der Waals surface area contributed by atoms with Gasteiger partial charge in [0.25, 0.3) is 0 Å². The summed E-state index contributed by atoms with van der Waals surface area (Å²) in [5.74, 6) is -2.54. The molecule has 70 heavy (non-hydrogen) atoms. The summed E-state index contributed by atoms with van der Waals surface area (Å²) >= 11 is 0.427. The Bertz CT molecular complexity index is 6600. The SMILES string of the molecule is [2H]c1c([2H])c([2H])c2c(c1[2H])-c1c([2H])c([2H])c([2H])c([2H])c1C2c1c(C#N)c(-n2c3c([2H])c([2H])c(C([2H])([2H])[2H])c([2H])c3c3c([2H])c([2H])c4c(sc5c([2H])c([2H])c([2H])c([2H])c54)c32)c(-n2c3c([2H])c([2H])c([2H])c([2H])c3c3c([2H])c([2H])c([2H])c([2H])c32)c(C#N)c1-n1c2c([2H])c([2H])c([2H])c([2H])c2c2c([2H])c([2H])c([2H])c([2H])c21. The van der Waals surface area contributed by atoms with Crippen LogP contribution in [0.25, 0.3) is 114 Å². The summed E-state index contributed by atoms with van der Waals surface area (Å²) in [5.41, 5.74) is -16.9. The molecule has 1 aliphatic carbocycles. The van der Waals surface area contributed by atoms with Gasteiger partial charge in [0.15, 0.2) is 0 Å². The number of nitriles is 2. The van der Waals surface area contributed by atoms with Crippen molar-refractivity contribution in [1.29, 1.82) is 10.5 Å². The zero-order valence-corrected chi connectivity index (χ0v) is 35.5. The van der Waals surface area contributed by atoms with Crippen molar-refractivity contribution in [2.24, 2.45) is 0 Å². The molecule has 1 aliphatic rings. The van der Waals surface area contributed by atoms with E-state index in [2.05, 4.69) is 0 Å². The number of benzene rings is 10. The third kappa shape index (κ3) is 5.02. The van der Waals surface area contributed by atoms with Crippen molar-refractivity contribution in [3.05, 3.63) is 233 Å². The molecule has 5 nitrogen and oxygen atoms in total. The van der Waals surface area contributed by atoms with Gasteiger partial charge >= 0.3 is 0 Å². The first kappa shape index (κ1) is 17.7. The smallest absolute Gasteiger partial charge is 0.104 e. The van der Waals surface area contributed by atoms with Crippen molar-refractivity contribution < 1.29 is 49.3 Å². The molecule has 15 rings (SSSR count). The van der Waals surface area contributed by atoms with Crippen LogP contribution in [0.3, 0.4) is 0 Å². The summed E-state index contributed by atoms with van der Waals surface area (Å²) in [6.45, 7) is -3.55. The van der Waals surface area contributed by atoms with Gasteiger partial charge < -0.3 is 13.7 Å². The van der Waals surface area contributed by atoms with Crippen LogP contribution in [0.5, 0.6) is 0 Å². The fraction of sp³-hybridized carbons (Fsp3) is 0.0312. The Morgan fingerprint density at radius 1 is 0.443 bits per heavy atom. The number of nitrogens with zero attached hydrogens (tertiary/aromatic N) is 5. The van der Waals surface area contributed by atoms with E-state index >= 15 is 0 Å². The van der Waals surface area contributed by atoms with Crippen LogP contribution in [0.4, 0.5) is 0 Å². The lowest BCUT2D eigenvalue weighted by atomic mass is 9.82. The number of aromatic nitrogens is 3. The average Bonchev–Trinajstić information content (AvgIpc) is 1.48. The van der Waals surface area contributed by atoms with Gasteiger partial charge in [-0.05, 0) is 71.4 Å². The molecule has 0 aliphatic heterocycles. The molecular weight excluding hydrogens is 871 g/mol. The lowest BCUT2D eigenvalue weighted by molar-refractivity contribution is 0.953. The summed E-state index contributed by atoms with van der Waals surface area (Å²) in [7, 11) is 0. The van der Waals surface area contributed by atoms with E-state index in [1.807, 2.05) is 12.1 Å². The molecule has 0 N–H and O–H groups in total. The number of rotatable bonds is 4. The molecule has 0 atom stereocenters. The Balaban J connectivity index is 1.43. The van der Waals surface area contributed by atoms with Gasteiger partial charge in [-0.25, -0.2) is 0 Å². The van der Waals surface area contributed by atoms with Gasteiger partial charge in [0.1, 0.15) is 17.7 Å². The second-order valence-corrected chi connectivity index (χ2v) is 16.8. The predicted octanol–water partition coefficient (Wildman–Crippen LogP) is 16.6. The minimum atomic E-state index is -3.55. The second kappa shape index (κ2) is 14.4. The van der Waals surface area contributed by atoms with Crippen molar-refractivity contribution in [3.8, 4) is 40.3 Å². The zero-order chi connectivity index (χ0) is 77.6. The molecule has 4 aromatic heterocycles. The van der Waals surface area contributed by atoms with Gasteiger partial charge in [0, 0.05) is 63.4 Å². The van der Waals surface area contributed by atoms with Gasteiger partial charge in [-0.2, -0.15) is 10.5 Å². The Morgan fingerprint density at radius 3 is 1.49 bits per heavy atom. The topological polar surface area (TPSA) is 62.4 Å².